The van der Waals surface area contributed by atoms with Crippen molar-refractivity contribution in [3.05, 3.63) is 57.9 Å². The lowest BCUT2D eigenvalue weighted by atomic mass is 10.1. The van der Waals surface area contributed by atoms with Gasteiger partial charge < -0.3 is 10.2 Å². The number of anilines is 1. The first-order valence-electron chi connectivity index (χ1n) is 7.68. The summed E-state index contributed by atoms with van der Waals surface area (Å²) in [7, 11) is 0. The minimum atomic E-state index is -0.536. The van der Waals surface area contributed by atoms with E-state index in [0.29, 0.717) is 25.5 Å². The van der Waals surface area contributed by atoms with Gasteiger partial charge in [-0.25, -0.2) is 9.97 Å². The monoisotopic (exact) mass is 327 g/mol. The Hall–Kier alpha value is -3.03. The molecule has 0 atom stereocenters. The lowest BCUT2D eigenvalue weighted by Gasteiger charge is -2.18. The fourth-order valence-corrected chi connectivity index (χ4v) is 2.64. The molecule has 2 aromatic rings. The van der Waals surface area contributed by atoms with Crippen molar-refractivity contribution in [2.24, 2.45) is 0 Å². The fraction of sp³-hybridized carbons (Fsp3) is 0.312. The van der Waals surface area contributed by atoms with Gasteiger partial charge in [0.2, 0.25) is 11.9 Å². The van der Waals surface area contributed by atoms with Crippen LogP contribution >= 0.6 is 0 Å². The van der Waals surface area contributed by atoms with E-state index < -0.39 is 4.92 Å². The molecule has 124 valence electrons. The molecule has 0 radical (unpaired) electrons. The third-order valence-electron chi connectivity index (χ3n) is 3.94. The Labute approximate surface area is 138 Å². The number of aromatic nitrogens is 2. The summed E-state index contributed by atoms with van der Waals surface area (Å²) in [6, 6.07) is 7.86. The highest BCUT2D eigenvalue weighted by atomic mass is 16.6. The molecule has 0 spiro atoms. The van der Waals surface area contributed by atoms with Crippen molar-refractivity contribution in [1.29, 1.82) is 0 Å². The van der Waals surface area contributed by atoms with Crippen LogP contribution in [0.3, 0.4) is 0 Å². The van der Waals surface area contributed by atoms with Gasteiger partial charge in [0.25, 0.3) is 0 Å². The van der Waals surface area contributed by atoms with Crippen LogP contribution in [0.4, 0.5) is 11.6 Å². The van der Waals surface area contributed by atoms with Crippen LogP contribution in [0.5, 0.6) is 0 Å². The van der Waals surface area contributed by atoms with Gasteiger partial charge in [-0.1, -0.05) is 24.3 Å². The molecule has 0 saturated carbocycles. The maximum atomic E-state index is 11.8. The molecule has 2 heterocycles. The predicted molar refractivity (Wildman–Crippen MR) is 87.1 cm³/mol. The van der Waals surface area contributed by atoms with E-state index >= 15 is 0 Å². The van der Waals surface area contributed by atoms with Gasteiger partial charge in [-0.15, -0.1) is 0 Å². The number of benzene rings is 1. The Bertz CT molecular complexity index is 748. The molecule has 0 unspecified atom stereocenters. The van der Waals surface area contributed by atoms with Crippen LogP contribution in [0, 0.1) is 10.1 Å². The van der Waals surface area contributed by atoms with Crippen LogP contribution in [0.2, 0.25) is 0 Å². The Morgan fingerprint density at radius 3 is 2.54 bits per heavy atom. The maximum absolute atomic E-state index is 11.8. The summed E-state index contributed by atoms with van der Waals surface area (Å²) in [4.78, 5) is 31.6. The summed E-state index contributed by atoms with van der Waals surface area (Å²) < 4.78 is 0. The summed E-state index contributed by atoms with van der Waals surface area (Å²) in [6.07, 6.45) is 3.88. The molecule has 0 bridgehead atoms. The van der Waals surface area contributed by atoms with Crippen molar-refractivity contribution in [2.45, 2.75) is 25.9 Å². The van der Waals surface area contributed by atoms with Crippen molar-refractivity contribution >= 4 is 17.5 Å². The lowest BCUT2D eigenvalue weighted by Crippen LogP contribution is -2.24. The predicted octanol–water partition coefficient (Wildman–Crippen LogP) is 2.12. The van der Waals surface area contributed by atoms with Crippen LogP contribution in [-0.4, -0.2) is 32.2 Å². The summed E-state index contributed by atoms with van der Waals surface area (Å²) in [5, 5.41) is 13.7. The Kier molecular flexibility index (Phi) is 4.64. The quantitative estimate of drug-likeness (QED) is 0.644. The standard InChI is InChI=1S/C16H17N5O3/c22-15-6-3-7-20(15)11-13-5-2-1-4-12(13)8-17-16-18-9-14(10-19-16)21(23)24/h1-2,4-5,9-10H,3,6-8,11H2,(H,17,18,19). The molecule has 24 heavy (non-hydrogen) atoms. The van der Waals surface area contributed by atoms with Gasteiger partial charge in [0.15, 0.2) is 0 Å². The Morgan fingerprint density at radius 1 is 1.21 bits per heavy atom. The number of carbonyl (C=O) groups is 1. The number of hydrogen-bond donors (Lipinski definition) is 1. The molecule has 8 heteroatoms. The van der Waals surface area contributed by atoms with Gasteiger partial charge in [0, 0.05) is 26.1 Å². The summed E-state index contributed by atoms with van der Waals surface area (Å²) in [5.74, 6) is 0.518. The molecular formula is C16H17N5O3. The fourth-order valence-electron chi connectivity index (χ4n) is 2.64. The summed E-state index contributed by atoms with van der Waals surface area (Å²) >= 11 is 0. The number of likely N-dealkylation sites (tertiary alicyclic amines) is 1. The van der Waals surface area contributed by atoms with Gasteiger partial charge in [-0.2, -0.15) is 0 Å². The van der Waals surface area contributed by atoms with E-state index in [4.69, 9.17) is 0 Å². The average Bonchev–Trinajstić information content (AvgIpc) is 2.99. The number of hydrogen-bond acceptors (Lipinski definition) is 6. The van der Waals surface area contributed by atoms with Crippen LogP contribution in [0.25, 0.3) is 0 Å². The van der Waals surface area contributed by atoms with Crippen LogP contribution in [-0.2, 0) is 17.9 Å². The number of rotatable bonds is 6. The highest BCUT2D eigenvalue weighted by Crippen LogP contribution is 2.18. The molecule has 1 aromatic heterocycles. The molecule has 3 rings (SSSR count). The van der Waals surface area contributed by atoms with Crippen LogP contribution < -0.4 is 5.32 Å². The third-order valence-corrected chi connectivity index (χ3v) is 3.94. The second-order valence-electron chi connectivity index (χ2n) is 5.56. The van der Waals surface area contributed by atoms with Gasteiger partial charge in [-0.3, -0.25) is 14.9 Å². The summed E-state index contributed by atoms with van der Waals surface area (Å²) in [6.45, 7) is 1.87. The smallest absolute Gasteiger partial charge is 0.305 e. The molecule has 1 aliphatic rings. The zero-order valence-corrected chi connectivity index (χ0v) is 13.0. The van der Waals surface area contributed by atoms with E-state index in [1.54, 1.807) is 0 Å². The zero-order chi connectivity index (χ0) is 16.9. The minimum Gasteiger partial charge on any atom is -0.350 e. The molecular weight excluding hydrogens is 310 g/mol. The molecule has 1 amide bonds. The first-order valence-corrected chi connectivity index (χ1v) is 7.68. The molecule has 1 saturated heterocycles. The number of amides is 1. The first kappa shape index (κ1) is 15.9. The number of nitro groups is 1. The molecule has 1 aliphatic heterocycles. The van der Waals surface area contributed by atoms with Crippen molar-refractivity contribution in [3.63, 3.8) is 0 Å². The molecule has 1 fully saturated rings. The van der Waals surface area contributed by atoms with Crippen molar-refractivity contribution in [2.75, 3.05) is 11.9 Å². The van der Waals surface area contributed by atoms with Crippen molar-refractivity contribution < 1.29 is 9.72 Å². The van der Waals surface area contributed by atoms with E-state index in [9.17, 15) is 14.9 Å². The van der Waals surface area contributed by atoms with E-state index in [2.05, 4.69) is 15.3 Å². The summed E-state index contributed by atoms with van der Waals surface area (Å²) in [5.41, 5.74) is 1.97. The highest BCUT2D eigenvalue weighted by Gasteiger charge is 2.20. The number of carbonyl (C=O) groups excluding carboxylic acids is 1. The van der Waals surface area contributed by atoms with E-state index in [1.807, 2.05) is 29.2 Å². The second-order valence-corrected chi connectivity index (χ2v) is 5.56. The number of nitrogens with zero attached hydrogens (tertiary/aromatic N) is 4. The van der Waals surface area contributed by atoms with E-state index in [-0.39, 0.29) is 11.6 Å². The molecule has 8 nitrogen and oxygen atoms in total. The normalized spacial score (nSPS) is 14.0. The number of nitrogens with one attached hydrogen (secondary N) is 1. The Morgan fingerprint density at radius 2 is 1.92 bits per heavy atom. The molecule has 1 aromatic carbocycles. The largest absolute Gasteiger partial charge is 0.350 e. The molecule has 0 aliphatic carbocycles. The zero-order valence-electron chi connectivity index (χ0n) is 13.0. The van der Waals surface area contributed by atoms with Crippen molar-refractivity contribution in [1.82, 2.24) is 14.9 Å². The van der Waals surface area contributed by atoms with Gasteiger partial charge in [-0.05, 0) is 17.5 Å². The Balaban J connectivity index is 1.66. The van der Waals surface area contributed by atoms with Gasteiger partial charge in [0.1, 0.15) is 12.4 Å². The highest BCUT2D eigenvalue weighted by molar-refractivity contribution is 5.78. The maximum Gasteiger partial charge on any atom is 0.305 e. The minimum absolute atomic E-state index is 0.145. The van der Waals surface area contributed by atoms with Crippen LogP contribution in [0.15, 0.2) is 36.7 Å². The first-order chi connectivity index (χ1) is 11.6. The molecule has 1 N–H and O–H groups in total. The van der Waals surface area contributed by atoms with Gasteiger partial charge >= 0.3 is 5.69 Å². The topological polar surface area (TPSA) is 101 Å². The average molecular weight is 327 g/mol. The van der Waals surface area contributed by atoms with Gasteiger partial charge in [0.05, 0.1) is 4.92 Å². The third kappa shape index (κ3) is 3.65. The SMILES string of the molecule is O=C1CCCN1Cc1ccccc1CNc1ncc([N+](=O)[O-])cn1. The lowest BCUT2D eigenvalue weighted by molar-refractivity contribution is -0.385. The second kappa shape index (κ2) is 7.03. The van der Waals surface area contributed by atoms with Crippen LogP contribution in [0.1, 0.15) is 24.0 Å². The van der Waals surface area contributed by atoms with E-state index in [1.165, 1.54) is 12.4 Å². The van der Waals surface area contributed by atoms with Crippen molar-refractivity contribution in [3.8, 4) is 0 Å². The van der Waals surface area contributed by atoms with E-state index in [0.717, 1.165) is 24.1 Å².